The highest BCUT2D eigenvalue weighted by atomic mass is 35.5. The fraction of sp³-hybridized carbons (Fsp3) is 0.364. The number of ether oxygens (including phenoxy) is 1. The molecule has 0 saturated carbocycles. The van der Waals surface area contributed by atoms with Crippen LogP contribution in [0.1, 0.15) is 17.3 Å². The largest absolute Gasteiger partial charge is 0.495 e. The molecule has 0 aromatic heterocycles. The van der Waals surface area contributed by atoms with Crippen LogP contribution >= 0.6 is 11.6 Å². The third-order valence-electron chi connectivity index (χ3n) is 2.01. The number of rotatable bonds is 5. The first-order valence-electron chi connectivity index (χ1n) is 4.76. The smallest absolute Gasteiger partial charge is 0.176 e. The van der Waals surface area contributed by atoms with Gasteiger partial charge in [-0.3, -0.25) is 4.79 Å². The van der Waals surface area contributed by atoms with Crippen LogP contribution in [0.2, 0.25) is 5.02 Å². The van der Waals surface area contributed by atoms with E-state index in [-0.39, 0.29) is 5.78 Å². The van der Waals surface area contributed by atoms with Crippen LogP contribution < -0.4 is 10.1 Å². The number of benzene rings is 1. The van der Waals surface area contributed by atoms with Crippen molar-refractivity contribution in [3.8, 4) is 5.75 Å². The number of Topliss-reactive ketones (excluding diaryl/α,β-unsaturated/α-hetero) is 1. The van der Waals surface area contributed by atoms with Gasteiger partial charge < -0.3 is 10.1 Å². The Hall–Kier alpha value is -1.06. The number of carbonyl (C=O) groups excluding carboxylic acids is 1. The van der Waals surface area contributed by atoms with E-state index in [1.807, 2.05) is 6.92 Å². The molecule has 4 heteroatoms. The van der Waals surface area contributed by atoms with Gasteiger partial charge in [-0.25, -0.2) is 0 Å². The molecular weight excluding hydrogens is 214 g/mol. The Morgan fingerprint density at radius 2 is 2.27 bits per heavy atom. The van der Waals surface area contributed by atoms with Gasteiger partial charge in [0.25, 0.3) is 0 Å². The summed E-state index contributed by atoms with van der Waals surface area (Å²) in [6.45, 7) is 3.06. The van der Waals surface area contributed by atoms with Crippen molar-refractivity contribution in [3.05, 3.63) is 28.8 Å². The minimum absolute atomic E-state index is 0.0341. The second-order valence-corrected chi connectivity index (χ2v) is 3.46. The second kappa shape index (κ2) is 5.73. The number of hydrogen-bond acceptors (Lipinski definition) is 3. The van der Waals surface area contributed by atoms with E-state index in [4.69, 9.17) is 16.3 Å². The van der Waals surface area contributed by atoms with E-state index in [9.17, 15) is 4.79 Å². The molecule has 1 aromatic carbocycles. The van der Waals surface area contributed by atoms with E-state index in [1.165, 1.54) is 7.11 Å². The Balaban J connectivity index is 2.81. The van der Waals surface area contributed by atoms with Crippen molar-refractivity contribution in [3.63, 3.8) is 0 Å². The quantitative estimate of drug-likeness (QED) is 0.784. The zero-order chi connectivity index (χ0) is 11.3. The van der Waals surface area contributed by atoms with Gasteiger partial charge in [-0.2, -0.15) is 0 Å². The van der Waals surface area contributed by atoms with Crippen molar-refractivity contribution in [2.45, 2.75) is 6.92 Å². The molecule has 0 bridgehead atoms. The minimum Gasteiger partial charge on any atom is -0.495 e. The molecule has 0 aliphatic carbocycles. The maximum absolute atomic E-state index is 11.6. The third kappa shape index (κ3) is 3.22. The van der Waals surface area contributed by atoms with E-state index < -0.39 is 0 Å². The summed E-state index contributed by atoms with van der Waals surface area (Å²) in [5.41, 5.74) is 0.609. The van der Waals surface area contributed by atoms with Gasteiger partial charge in [0, 0.05) is 5.56 Å². The van der Waals surface area contributed by atoms with E-state index in [0.717, 1.165) is 6.54 Å². The summed E-state index contributed by atoms with van der Waals surface area (Å²) in [7, 11) is 1.53. The third-order valence-corrected chi connectivity index (χ3v) is 2.32. The van der Waals surface area contributed by atoms with Gasteiger partial charge in [0.15, 0.2) is 5.78 Å². The van der Waals surface area contributed by atoms with Crippen LogP contribution in [0.3, 0.4) is 0 Å². The summed E-state index contributed by atoms with van der Waals surface area (Å²) in [6, 6.07) is 5.02. The minimum atomic E-state index is 0.0341. The van der Waals surface area contributed by atoms with Crippen molar-refractivity contribution < 1.29 is 9.53 Å². The van der Waals surface area contributed by atoms with Crippen molar-refractivity contribution in [1.82, 2.24) is 5.32 Å². The Labute approximate surface area is 94.4 Å². The summed E-state index contributed by atoms with van der Waals surface area (Å²) >= 11 is 5.85. The lowest BCUT2D eigenvalue weighted by molar-refractivity contribution is 0.0991. The molecule has 1 N–H and O–H groups in total. The molecule has 15 heavy (non-hydrogen) atoms. The molecule has 0 amide bonds. The van der Waals surface area contributed by atoms with Gasteiger partial charge in [0.05, 0.1) is 18.7 Å². The maximum atomic E-state index is 11.6. The van der Waals surface area contributed by atoms with Crippen LogP contribution in [0.4, 0.5) is 0 Å². The van der Waals surface area contributed by atoms with Crippen LogP contribution in [0.5, 0.6) is 5.75 Å². The first-order chi connectivity index (χ1) is 7.19. The van der Waals surface area contributed by atoms with Crippen LogP contribution in [-0.4, -0.2) is 26.0 Å². The number of halogens is 1. The number of methoxy groups -OCH3 is 1. The monoisotopic (exact) mass is 227 g/mol. The highest BCUT2D eigenvalue weighted by molar-refractivity contribution is 6.32. The predicted octanol–water partition coefficient (Wildman–Crippen LogP) is 2.14. The molecule has 0 radical (unpaired) electrons. The Bertz CT molecular complexity index is 352. The van der Waals surface area contributed by atoms with E-state index in [1.54, 1.807) is 18.2 Å². The first kappa shape index (κ1) is 12.0. The fourth-order valence-corrected chi connectivity index (χ4v) is 1.37. The number of likely N-dealkylation sites (N-methyl/N-ethyl adjacent to an activating group) is 1. The Morgan fingerprint density at radius 3 is 2.87 bits per heavy atom. The fourth-order valence-electron chi connectivity index (χ4n) is 1.17. The Morgan fingerprint density at radius 1 is 1.53 bits per heavy atom. The van der Waals surface area contributed by atoms with Crippen molar-refractivity contribution in [2.24, 2.45) is 0 Å². The molecule has 0 saturated heterocycles. The topological polar surface area (TPSA) is 38.3 Å². The van der Waals surface area contributed by atoms with Crippen LogP contribution in [0, 0.1) is 0 Å². The summed E-state index contributed by atoms with van der Waals surface area (Å²) in [5.74, 6) is 0.561. The lowest BCUT2D eigenvalue weighted by Gasteiger charge is -2.06. The van der Waals surface area contributed by atoms with Gasteiger partial charge >= 0.3 is 0 Å². The average Bonchev–Trinajstić information content (AvgIpc) is 2.26. The van der Waals surface area contributed by atoms with Gasteiger partial charge in [-0.15, -0.1) is 0 Å². The molecule has 1 rings (SSSR count). The summed E-state index contributed by atoms with van der Waals surface area (Å²) in [6.07, 6.45) is 0. The molecule has 0 aliphatic heterocycles. The van der Waals surface area contributed by atoms with Crippen molar-refractivity contribution in [1.29, 1.82) is 0 Å². The lowest BCUT2D eigenvalue weighted by atomic mass is 10.1. The average molecular weight is 228 g/mol. The van der Waals surface area contributed by atoms with Gasteiger partial charge in [-0.05, 0) is 24.7 Å². The number of carbonyl (C=O) groups is 1. The van der Waals surface area contributed by atoms with Crippen LogP contribution in [0.25, 0.3) is 0 Å². The molecule has 0 atom stereocenters. The summed E-state index contributed by atoms with van der Waals surface area (Å²) < 4.78 is 5.04. The van der Waals surface area contributed by atoms with E-state index in [0.29, 0.717) is 22.9 Å². The Kier molecular flexibility index (Phi) is 4.59. The molecule has 3 nitrogen and oxygen atoms in total. The predicted molar refractivity (Wildman–Crippen MR) is 60.9 cm³/mol. The van der Waals surface area contributed by atoms with Gasteiger partial charge in [-0.1, -0.05) is 18.5 Å². The number of ketones is 1. The van der Waals surface area contributed by atoms with Gasteiger partial charge in [0.2, 0.25) is 0 Å². The molecule has 0 aliphatic rings. The van der Waals surface area contributed by atoms with Crippen LogP contribution in [-0.2, 0) is 0 Å². The van der Waals surface area contributed by atoms with E-state index >= 15 is 0 Å². The first-order valence-corrected chi connectivity index (χ1v) is 5.14. The summed E-state index contributed by atoms with van der Waals surface area (Å²) in [5, 5.41) is 3.49. The van der Waals surface area contributed by atoms with Gasteiger partial charge in [0.1, 0.15) is 5.75 Å². The highest BCUT2D eigenvalue weighted by Crippen LogP contribution is 2.24. The van der Waals surface area contributed by atoms with Crippen molar-refractivity contribution >= 4 is 17.4 Å². The highest BCUT2D eigenvalue weighted by Gasteiger charge is 2.08. The molecule has 0 heterocycles. The SMILES string of the molecule is CCNCC(=O)c1ccc(Cl)c(OC)c1. The molecule has 0 unspecified atom stereocenters. The zero-order valence-corrected chi connectivity index (χ0v) is 9.60. The van der Waals surface area contributed by atoms with E-state index in [2.05, 4.69) is 5.32 Å². The molecule has 0 fully saturated rings. The van der Waals surface area contributed by atoms with Crippen molar-refractivity contribution in [2.75, 3.05) is 20.2 Å². The van der Waals surface area contributed by atoms with Crippen LogP contribution in [0.15, 0.2) is 18.2 Å². The number of hydrogen-bond donors (Lipinski definition) is 1. The molecule has 82 valence electrons. The molecular formula is C11H14ClNO2. The molecule has 0 spiro atoms. The zero-order valence-electron chi connectivity index (χ0n) is 8.84. The summed E-state index contributed by atoms with van der Waals surface area (Å²) in [4.78, 5) is 11.6. The normalized spacial score (nSPS) is 10.1. The lowest BCUT2D eigenvalue weighted by Crippen LogP contribution is -2.22. The maximum Gasteiger partial charge on any atom is 0.176 e. The number of nitrogens with one attached hydrogen (secondary N) is 1. The molecule has 1 aromatic rings. The second-order valence-electron chi connectivity index (χ2n) is 3.05. The standard InChI is InChI=1S/C11H14ClNO2/c1-3-13-7-10(14)8-4-5-9(12)11(6-8)15-2/h4-6,13H,3,7H2,1-2H3.